The van der Waals surface area contributed by atoms with E-state index in [0.717, 1.165) is 0 Å². The average Bonchev–Trinajstić information content (AvgIpc) is 3.14. The Morgan fingerprint density at radius 3 is 2.24 bits per heavy atom. The van der Waals surface area contributed by atoms with Crippen LogP contribution in [0.25, 0.3) is 6.08 Å². The SMILES string of the molecule is CCOc1ccc2c(c1)O/C(=C\c1ccc(OC(=O)c3c(OC)cccc3OC)cc1)C2=O. The second-order valence-corrected chi connectivity index (χ2v) is 7.03. The molecule has 0 spiro atoms. The van der Waals surface area contributed by atoms with Crippen molar-refractivity contribution in [2.75, 3.05) is 20.8 Å². The molecule has 0 N–H and O–H groups in total. The first kappa shape index (κ1) is 22.0. The fourth-order valence-electron chi connectivity index (χ4n) is 3.42. The Morgan fingerprint density at radius 2 is 1.61 bits per heavy atom. The predicted octanol–water partition coefficient (Wildman–Crippen LogP) is 4.94. The van der Waals surface area contributed by atoms with Crippen molar-refractivity contribution in [2.45, 2.75) is 6.92 Å². The molecular formula is C26H22O7. The van der Waals surface area contributed by atoms with Crippen LogP contribution in [0.1, 0.15) is 33.2 Å². The van der Waals surface area contributed by atoms with Gasteiger partial charge in [0.25, 0.3) is 0 Å². The number of hydrogen-bond donors (Lipinski definition) is 0. The lowest BCUT2D eigenvalue weighted by molar-refractivity contribution is 0.0727. The molecule has 0 amide bonds. The molecule has 1 heterocycles. The standard InChI is InChI=1S/C26H22O7/c1-4-31-18-12-13-19-22(15-18)33-23(25(19)27)14-16-8-10-17(11-9-16)32-26(28)24-20(29-2)6-5-7-21(24)30-3/h5-15H,4H2,1-3H3/b23-14-. The quantitative estimate of drug-likeness (QED) is 0.289. The number of Topliss-reactive ketones (excluding diaryl/α,β-unsaturated/α-hetero) is 1. The molecule has 3 aromatic rings. The van der Waals surface area contributed by atoms with Crippen LogP contribution < -0.4 is 23.7 Å². The van der Waals surface area contributed by atoms with Crippen LogP contribution in [-0.4, -0.2) is 32.6 Å². The summed E-state index contributed by atoms with van der Waals surface area (Å²) in [5, 5.41) is 0. The van der Waals surface area contributed by atoms with Crippen molar-refractivity contribution in [3.8, 4) is 28.7 Å². The van der Waals surface area contributed by atoms with E-state index in [2.05, 4.69) is 0 Å². The monoisotopic (exact) mass is 446 g/mol. The van der Waals surface area contributed by atoms with Crippen molar-refractivity contribution in [1.29, 1.82) is 0 Å². The zero-order valence-corrected chi connectivity index (χ0v) is 18.4. The first-order chi connectivity index (χ1) is 16.0. The van der Waals surface area contributed by atoms with E-state index in [-0.39, 0.29) is 17.1 Å². The van der Waals surface area contributed by atoms with Crippen LogP contribution in [-0.2, 0) is 0 Å². The lowest BCUT2D eigenvalue weighted by Gasteiger charge is -2.12. The second-order valence-electron chi connectivity index (χ2n) is 7.03. The van der Waals surface area contributed by atoms with Gasteiger partial charge in [0, 0.05) is 6.07 Å². The van der Waals surface area contributed by atoms with Crippen LogP contribution in [0.2, 0.25) is 0 Å². The molecule has 168 valence electrons. The Balaban J connectivity index is 1.50. The number of ketones is 1. The third-order valence-electron chi connectivity index (χ3n) is 4.97. The van der Waals surface area contributed by atoms with E-state index in [1.54, 1.807) is 66.7 Å². The summed E-state index contributed by atoms with van der Waals surface area (Å²) in [4.78, 5) is 25.3. The van der Waals surface area contributed by atoms with Gasteiger partial charge in [-0.1, -0.05) is 18.2 Å². The van der Waals surface area contributed by atoms with Gasteiger partial charge in [-0.05, 0) is 55.0 Å². The van der Waals surface area contributed by atoms with Crippen molar-refractivity contribution < 1.29 is 33.3 Å². The largest absolute Gasteiger partial charge is 0.496 e. The molecule has 1 aliphatic heterocycles. The van der Waals surface area contributed by atoms with Gasteiger partial charge in [-0.15, -0.1) is 0 Å². The van der Waals surface area contributed by atoms with E-state index < -0.39 is 5.97 Å². The molecule has 7 nitrogen and oxygen atoms in total. The molecule has 0 radical (unpaired) electrons. The number of carbonyl (C=O) groups excluding carboxylic acids is 2. The number of esters is 1. The van der Waals surface area contributed by atoms with Gasteiger partial charge >= 0.3 is 5.97 Å². The highest BCUT2D eigenvalue weighted by Crippen LogP contribution is 2.35. The Kier molecular flexibility index (Phi) is 6.31. The minimum absolute atomic E-state index is 0.197. The molecule has 4 rings (SSSR count). The maximum absolute atomic E-state index is 12.7. The van der Waals surface area contributed by atoms with E-state index >= 15 is 0 Å². The first-order valence-electron chi connectivity index (χ1n) is 10.3. The van der Waals surface area contributed by atoms with Crippen LogP contribution in [0.5, 0.6) is 28.7 Å². The molecule has 1 aliphatic rings. The summed E-state index contributed by atoms with van der Waals surface area (Å²) in [7, 11) is 2.94. The average molecular weight is 446 g/mol. The third kappa shape index (κ3) is 4.52. The Morgan fingerprint density at radius 1 is 0.939 bits per heavy atom. The van der Waals surface area contributed by atoms with Crippen LogP contribution >= 0.6 is 0 Å². The van der Waals surface area contributed by atoms with E-state index in [1.807, 2.05) is 6.92 Å². The number of hydrogen-bond acceptors (Lipinski definition) is 7. The molecule has 7 heteroatoms. The summed E-state index contributed by atoms with van der Waals surface area (Å²) in [6.45, 7) is 2.41. The fourth-order valence-corrected chi connectivity index (χ4v) is 3.42. The van der Waals surface area contributed by atoms with Crippen molar-refractivity contribution >= 4 is 17.8 Å². The summed E-state index contributed by atoms with van der Waals surface area (Å²) in [6, 6.07) is 16.9. The van der Waals surface area contributed by atoms with Crippen LogP contribution in [0.4, 0.5) is 0 Å². The van der Waals surface area contributed by atoms with E-state index in [1.165, 1.54) is 14.2 Å². The fraction of sp³-hybridized carbons (Fsp3) is 0.154. The van der Waals surface area contributed by atoms with Crippen molar-refractivity contribution in [3.63, 3.8) is 0 Å². The lowest BCUT2D eigenvalue weighted by atomic mass is 10.1. The van der Waals surface area contributed by atoms with Gasteiger partial charge in [-0.2, -0.15) is 0 Å². The molecule has 0 unspecified atom stereocenters. The van der Waals surface area contributed by atoms with E-state index in [4.69, 9.17) is 23.7 Å². The summed E-state index contributed by atoms with van der Waals surface area (Å²) < 4.78 is 27.2. The Labute approximate surface area is 191 Å². The lowest BCUT2D eigenvalue weighted by Crippen LogP contribution is -2.11. The number of rotatable bonds is 7. The van der Waals surface area contributed by atoms with Gasteiger partial charge in [0.15, 0.2) is 5.76 Å². The summed E-state index contributed by atoms with van der Waals surface area (Å²) in [5.74, 6) is 1.55. The molecular weight excluding hydrogens is 424 g/mol. The van der Waals surface area contributed by atoms with Crippen molar-refractivity contribution in [2.24, 2.45) is 0 Å². The number of benzene rings is 3. The molecule has 0 saturated carbocycles. The highest BCUT2D eigenvalue weighted by atomic mass is 16.5. The normalized spacial score (nSPS) is 13.3. The minimum atomic E-state index is -0.606. The van der Waals surface area contributed by atoms with Gasteiger partial charge in [0.1, 0.15) is 34.3 Å². The number of allylic oxidation sites excluding steroid dienone is 1. The maximum Gasteiger partial charge on any atom is 0.351 e. The van der Waals surface area contributed by atoms with Crippen LogP contribution in [0.3, 0.4) is 0 Å². The molecule has 0 fully saturated rings. The summed E-state index contributed by atoms with van der Waals surface area (Å²) >= 11 is 0. The second kappa shape index (κ2) is 9.48. The van der Waals surface area contributed by atoms with Gasteiger partial charge in [-0.3, -0.25) is 4.79 Å². The van der Waals surface area contributed by atoms with Gasteiger partial charge < -0.3 is 23.7 Å². The molecule has 0 bridgehead atoms. The molecule has 0 aliphatic carbocycles. The third-order valence-corrected chi connectivity index (χ3v) is 4.97. The highest BCUT2D eigenvalue weighted by Gasteiger charge is 2.27. The molecule has 0 saturated heterocycles. The molecule has 0 aromatic heterocycles. The maximum atomic E-state index is 12.7. The topological polar surface area (TPSA) is 80.3 Å². The zero-order valence-electron chi connectivity index (χ0n) is 18.4. The van der Waals surface area contributed by atoms with E-state index in [0.29, 0.717) is 46.5 Å². The van der Waals surface area contributed by atoms with Crippen molar-refractivity contribution in [1.82, 2.24) is 0 Å². The Bertz CT molecular complexity index is 1200. The number of methoxy groups -OCH3 is 2. The predicted molar refractivity (Wildman–Crippen MR) is 121 cm³/mol. The number of carbonyl (C=O) groups is 2. The van der Waals surface area contributed by atoms with Gasteiger partial charge in [0.05, 0.1) is 26.4 Å². The van der Waals surface area contributed by atoms with Crippen molar-refractivity contribution in [3.05, 3.63) is 83.1 Å². The molecule has 3 aromatic carbocycles. The minimum Gasteiger partial charge on any atom is -0.496 e. The molecule has 33 heavy (non-hydrogen) atoms. The summed E-state index contributed by atoms with van der Waals surface area (Å²) in [6.07, 6.45) is 1.64. The summed E-state index contributed by atoms with van der Waals surface area (Å²) in [5.41, 5.74) is 1.40. The van der Waals surface area contributed by atoms with E-state index in [9.17, 15) is 9.59 Å². The van der Waals surface area contributed by atoms with Gasteiger partial charge in [0.2, 0.25) is 5.78 Å². The zero-order chi connectivity index (χ0) is 23.4. The van der Waals surface area contributed by atoms with Crippen LogP contribution in [0, 0.1) is 0 Å². The smallest absolute Gasteiger partial charge is 0.351 e. The van der Waals surface area contributed by atoms with Crippen LogP contribution in [0.15, 0.2) is 66.4 Å². The number of fused-ring (bicyclic) bond motifs is 1. The first-order valence-corrected chi connectivity index (χ1v) is 10.3. The van der Waals surface area contributed by atoms with Gasteiger partial charge in [-0.25, -0.2) is 4.79 Å². The Hall–Kier alpha value is -4.26. The highest BCUT2D eigenvalue weighted by molar-refractivity contribution is 6.14. The molecule has 0 atom stereocenters. The number of ether oxygens (including phenoxy) is 5.